The molecule has 0 aliphatic heterocycles. The molecule has 1 N–H and O–H groups in total. The third-order valence-electron chi connectivity index (χ3n) is 2.37. The number of thioether (sulfide) groups is 1. The van der Waals surface area contributed by atoms with Gasteiger partial charge in [-0.1, -0.05) is 29.4 Å². The number of aromatic nitrogens is 1. The Hall–Kier alpha value is -1.11. The second-order valence-corrected chi connectivity index (χ2v) is 6.32. The van der Waals surface area contributed by atoms with Gasteiger partial charge in [0.1, 0.15) is 10.7 Å². The molecule has 3 nitrogen and oxygen atoms in total. The molecule has 100 valence electrons. The molecule has 1 aromatic heterocycles. The molecule has 0 saturated heterocycles. The highest BCUT2D eigenvalue weighted by atomic mass is 35.5. The maximum absolute atomic E-state index is 13.6. The molecule has 0 radical (unpaired) electrons. The van der Waals surface area contributed by atoms with Crippen molar-refractivity contribution in [2.75, 3.05) is 0 Å². The van der Waals surface area contributed by atoms with Crippen LogP contribution < -0.4 is 0 Å². The van der Waals surface area contributed by atoms with Gasteiger partial charge in [-0.15, -0.1) is 11.3 Å². The zero-order valence-electron chi connectivity index (χ0n) is 9.81. The lowest BCUT2D eigenvalue weighted by molar-refractivity contribution is 0.0701. The van der Waals surface area contributed by atoms with Crippen LogP contribution in [0, 0.1) is 12.7 Å². The molecule has 0 saturated carbocycles. The Labute approximate surface area is 122 Å². The van der Waals surface area contributed by atoms with Crippen LogP contribution in [0.4, 0.5) is 4.39 Å². The highest BCUT2D eigenvalue weighted by Gasteiger charge is 2.15. The van der Waals surface area contributed by atoms with Crippen LogP contribution in [0.15, 0.2) is 22.5 Å². The van der Waals surface area contributed by atoms with E-state index in [1.807, 2.05) is 0 Å². The number of halogens is 2. The SMILES string of the molecule is Cc1nc(SCc2c(F)cccc2Cl)sc1C(=O)O. The van der Waals surface area contributed by atoms with Gasteiger partial charge in [-0.05, 0) is 19.1 Å². The first-order valence-corrected chi connectivity index (χ1v) is 7.43. The highest BCUT2D eigenvalue weighted by molar-refractivity contribution is 8.00. The summed E-state index contributed by atoms with van der Waals surface area (Å²) in [6, 6.07) is 4.51. The molecule has 0 bridgehead atoms. The molecule has 0 aliphatic carbocycles. The average molecular weight is 318 g/mol. The first-order chi connectivity index (χ1) is 8.99. The lowest BCUT2D eigenvalue weighted by Gasteiger charge is -2.03. The Balaban J connectivity index is 2.15. The largest absolute Gasteiger partial charge is 0.477 e. The molecule has 0 spiro atoms. The van der Waals surface area contributed by atoms with E-state index in [1.165, 1.54) is 17.8 Å². The van der Waals surface area contributed by atoms with Gasteiger partial charge >= 0.3 is 5.97 Å². The fourth-order valence-corrected chi connectivity index (χ4v) is 3.81. The van der Waals surface area contributed by atoms with E-state index in [1.54, 1.807) is 19.1 Å². The quantitative estimate of drug-likeness (QED) is 0.857. The molecule has 7 heteroatoms. The summed E-state index contributed by atoms with van der Waals surface area (Å²) in [7, 11) is 0. The van der Waals surface area contributed by atoms with Crippen LogP contribution in [0.3, 0.4) is 0 Å². The molecule has 0 aliphatic rings. The maximum Gasteiger partial charge on any atom is 0.347 e. The summed E-state index contributed by atoms with van der Waals surface area (Å²) < 4.78 is 14.1. The van der Waals surface area contributed by atoms with Gasteiger partial charge in [-0.25, -0.2) is 14.2 Å². The predicted octanol–water partition coefficient (Wildman–Crippen LogP) is 4.23. The molecule has 2 aromatic rings. The number of nitrogens with zero attached hydrogens (tertiary/aromatic N) is 1. The Kier molecular flexibility index (Phi) is 4.44. The third-order valence-corrected chi connectivity index (χ3v) is 5.04. The zero-order valence-corrected chi connectivity index (χ0v) is 12.2. The summed E-state index contributed by atoms with van der Waals surface area (Å²) in [5.41, 5.74) is 0.874. The molecular weight excluding hydrogens is 309 g/mol. The number of rotatable bonds is 4. The van der Waals surface area contributed by atoms with E-state index in [2.05, 4.69) is 4.98 Å². The van der Waals surface area contributed by atoms with E-state index in [4.69, 9.17) is 16.7 Å². The highest BCUT2D eigenvalue weighted by Crippen LogP contribution is 2.32. The Morgan fingerprint density at radius 2 is 2.32 bits per heavy atom. The van der Waals surface area contributed by atoms with E-state index in [0.717, 1.165) is 11.3 Å². The van der Waals surface area contributed by atoms with E-state index in [0.29, 0.717) is 26.4 Å². The van der Waals surface area contributed by atoms with Crippen molar-refractivity contribution < 1.29 is 14.3 Å². The van der Waals surface area contributed by atoms with Crippen LogP contribution in [0.5, 0.6) is 0 Å². The minimum atomic E-state index is -0.995. The van der Waals surface area contributed by atoms with Crippen LogP contribution in [-0.2, 0) is 5.75 Å². The van der Waals surface area contributed by atoms with Crippen LogP contribution >= 0.6 is 34.7 Å². The van der Waals surface area contributed by atoms with E-state index < -0.39 is 5.97 Å². The molecule has 0 atom stereocenters. The second kappa shape index (κ2) is 5.90. The molecule has 2 rings (SSSR count). The lowest BCUT2D eigenvalue weighted by atomic mass is 10.2. The van der Waals surface area contributed by atoms with Crippen molar-refractivity contribution in [3.63, 3.8) is 0 Å². The van der Waals surface area contributed by atoms with Gasteiger partial charge in [0.05, 0.1) is 5.69 Å². The predicted molar refractivity (Wildman–Crippen MR) is 74.8 cm³/mol. The van der Waals surface area contributed by atoms with Crippen molar-refractivity contribution in [3.05, 3.63) is 45.2 Å². The van der Waals surface area contributed by atoms with Crippen molar-refractivity contribution in [3.8, 4) is 0 Å². The average Bonchev–Trinajstić information content (AvgIpc) is 2.70. The molecule has 19 heavy (non-hydrogen) atoms. The normalized spacial score (nSPS) is 10.7. The van der Waals surface area contributed by atoms with Crippen molar-refractivity contribution in [2.24, 2.45) is 0 Å². The number of benzene rings is 1. The number of aryl methyl sites for hydroxylation is 1. The minimum absolute atomic E-state index is 0.210. The Morgan fingerprint density at radius 1 is 1.58 bits per heavy atom. The summed E-state index contributed by atoms with van der Waals surface area (Å²) in [5, 5.41) is 9.29. The zero-order chi connectivity index (χ0) is 14.0. The van der Waals surface area contributed by atoms with E-state index in [9.17, 15) is 9.18 Å². The molecule has 0 amide bonds. The molecule has 0 fully saturated rings. The van der Waals surface area contributed by atoms with E-state index in [-0.39, 0.29) is 10.7 Å². The van der Waals surface area contributed by atoms with E-state index >= 15 is 0 Å². The van der Waals surface area contributed by atoms with Crippen molar-refractivity contribution in [1.82, 2.24) is 4.98 Å². The topological polar surface area (TPSA) is 50.2 Å². The summed E-state index contributed by atoms with van der Waals surface area (Å²) in [6.07, 6.45) is 0. The number of hydrogen-bond donors (Lipinski definition) is 1. The fourth-order valence-electron chi connectivity index (χ4n) is 1.44. The summed E-state index contributed by atoms with van der Waals surface area (Å²) in [6.45, 7) is 1.64. The van der Waals surface area contributed by atoms with Gasteiger partial charge in [0, 0.05) is 16.3 Å². The van der Waals surface area contributed by atoms with Crippen molar-refractivity contribution >= 4 is 40.7 Å². The minimum Gasteiger partial charge on any atom is -0.477 e. The molecule has 1 heterocycles. The first-order valence-electron chi connectivity index (χ1n) is 5.25. The Morgan fingerprint density at radius 3 is 2.89 bits per heavy atom. The van der Waals surface area contributed by atoms with Gasteiger partial charge < -0.3 is 5.11 Å². The summed E-state index contributed by atoms with van der Waals surface area (Å²) in [4.78, 5) is 15.2. The fraction of sp³-hybridized carbons (Fsp3) is 0.167. The summed E-state index contributed by atoms with van der Waals surface area (Å²) >= 11 is 8.28. The van der Waals surface area contributed by atoms with Crippen molar-refractivity contribution in [2.45, 2.75) is 17.0 Å². The second-order valence-electron chi connectivity index (χ2n) is 3.69. The number of carbonyl (C=O) groups is 1. The number of aromatic carboxylic acids is 1. The number of thiazole rings is 1. The van der Waals surface area contributed by atoms with Gasteiger partial charge in [0.25, 0.3) is 0 Å². The third kappa shape index (κ3) is 3.26. The van der Waals surface area contributed by atoms with Gasteiger partial charge in [0.2, 0.25) is 0 Å². The van der Waals surface area contributed by atoms with Crippen LogP contribution in [0.2, 0.25) is 5.02 Å². The standard InChI is InChI=1S/C12H9ClFNO2S2/c1-6-10(11(16)17)19-12(15-6)18-5-7-8(13)3-2-4-9(7)14/h2-4H,5H2,1H3,(H,16,17). The van der Waals surface area contributed by atoms with Crippen LogP contribution in [0.1, 0.15) is 20.9 Å². The smallest absolute Gasteiger partial charge is 0.347 e. The first kappa shape index (κ1) is 14.3. The monoisotopic (exact) mass is 317 g/mol. The lowest BCUT2D eigenvalue weighted by Crippen LogP contribution is -1.94. The Bertz CT molecular complexity index is 610. The van der Waals surface area contributed by atoms with Gasteiger partial charge in [-0.2, -0.15) is 0 Å². The number of carboxylic acid groups (broad SMARTS) is 1. The number of hydrogen-bond acceptors (Lipinski definition) is 4. The van der Waals surface area contributed by atoms with Crippen LogP contribution in [0.25, 0.3) is 0 Å². The molecular formula is C12H9ClFNO2S2. The van der Waals surface area contributed by atoms with Crippen LogP contribution in [-0.4, -0.2) is 16.1 Å². The van der Waals surface area contributed by atoms with Crippen molar-refractivity contribution in [1.29, 1.82) is 0 Å². The maximum atomic E-state index is 13.6. The number of carboxylic acids is 1. The molecule has 0 unspecified atom stereocenters. The van der Waals surface area contributed by atoms with Gasteiger partial charge in [0.15, 0.2) is 4.34 Å². The molecule has 1 aromatic carbocycles. The van der Waals surface area contributed by atoms with Gasteiger partial charge in [-0.3, -0.25) is 0 Å². The summed E-state index contributed by atoms with van der Waals surface area (Å²) in [5.74, 6) is -1.05.